The van der Waals surface area contributed by atoms with Crippen molar-refractivity contribution in [2.45, 2.75) is 19.8 Å². The molecule has 0 atom stereocenters. The number of carbonyl (C=O) groups is 3. The summed E-state index contributed by atoms with van der Waals surface area (Å²) in [5.41, 5.74) is 0.461. The molecule has 0 unspecified atom stereocenters. The molecule has 6 nitrogen and oxygen atoms in total. The fourth-order valence-corrected chi connectivity index (χ4v) is 1.50. The number of unbranched alkanes of at least 4 members (excludes halogenated alkanes) is 1. The molecule has 114 valence electrons. The molecule has 0 radical (unpaired) electrons. The Morgan fingerprint density at radius 1 is 1.10 bits per heavy atom. The molecular formula is C15H20N2O4. The molecule has 2 amide bonds. The number of rotatable bonds is 8. The summed E-state index contributed by atoms with van der Waals surface area (Å²) in [7, 11) is 0. The van der Waals surface area contributed by atoms with Crippen LogP contribution in [0.15, 0.2) is 30.3 Å². The molecule has 1 aromatic rings. The Morgan fingerprint density at radius 3 is 2.48 bits per heavy atom. The third kappa shape index (κ3) is 7.10. The Labute approximate surface area is 123 Å². The molecule has 6 heteroatoms. The highest BCUT2D eigenvalue weighted by atomic mass is 16.5. The Balaban J connectivity index is 2.19. The molecular weight excluding hydrogens is 272 g/mol. The lowest BCUT2D eigenvalue weighted by atomic mass is 10.2. The topological polar surface area (TPSA) is 84.5 Å². The van der Waals surface area contributed by atoms with Crippen LogP contribution in [0.4, 0.5) is 0 Å². The first-order valence-corrected chi connectivity index (χ1v) is 6.89. The zero-order valence-electron chi connectivity index (χ0n) is 12.1. The summed E-state index contributed by atoms with van der Waals surface area (Å²) < 4.78 is 4.76. The second kappa shape index (κ2) is 9.52. The zero-order chi connectivity index (χ0) is 15.5. The number of carbonyl (C=O) groups excluding carboxylic acids is 3. The molecule has 1 aromatic carbocycles. The van der Waals surface area contributed by atoms with Crippen LogP contribution in [0.25, 0.3) is 0 Å². The van der Waals surface area contributed by atoms with Crippen LogP contribution in [0.3, 0.4) is 0 Å². The average molecular weight is 292 g/mol. The maximum atomic E-state index is 11.7. The van der Waals surface area contributed by atoms with E-state index in [1.807, 2.05) is 6.92 Å². The zero-order valence-corrected chi connectivity index (χ0v) is 12.1. The molecule has 0 saturated heterocycles. The maximum absolute atomic E-state index is 11.7. The Morgan fingerprint density at radius 2 is 1.81 bits per heavy atom. The van der Waals surface area contributed by atoms with Gasteiger partial charge in [0.15, 0.2) is 6.61 Å². The summed E-state index contributed by atoms with van der Waals surface area (Å²) in [5, 5.41) is 5.06. The molecule has 21 heavy (non-hydrogen) atoms. The number of hydrogen-bond acceptors (Lipinski definition) is 4. The van der Waals surface area contributed by atoms with Gasteiger partial charge in [-0.3, -0.25) is 14.4 Å². The van der Waals surface area contributed by atoms with E-state index < -0.39 is 5.97 Å². The molecule has 2 N–H and O–H groups in total. The Kier molecular flexibility index (Phi) is 7.56. The van der Waals surface area contributed by atoms with Crippen LogP contribution >= 0.6 is 0 Å². The highest BCUT2D eigenvalue weighted by Gasteiger charge is 2.10. The quantitative estimate of drug-likeness (QED) is 0.550. The summed E-state index contributed by atoms with van der Waals surface area (Å²) in [6.07, 6.45) is 1.86. The van der Waals surface area contributed by atoms with E-state index >= 15 is 0 Å². The van der Waals surface area contributed by atoms with Crippen molar-refractivity contribution in [3.8, 4) is 0 Å². The second-order valence-corrected chi connectivity index (χ2v) is 4.41. The molecule has 1 rings (SSSR count). The molecule has 0 spiro atoms. The van der Waals surface area contributed by atoms with Crippen LogP contribution in [-0.4, -0.2) is 37.5 Å². The summed E-state index contributed by atoms with van der Waals surface area (Å²) in [4.78, 5) is 34.4. The standard InChI is InChI=1S/C15H20N2O4/c1-2-3-9-16-13(18)11-21-14(19)10-17-15(20)12-7-5-4-6-8-12/h4-8H,2-3,9-11H2,1H3,(H,16,18)(H,17,20). The second-order valence-electron chi connectivity index (χ2n) is 4.41. The molecule has 0 aliphatic rings. The largest absolute Gasteiger partial charge is 0.454 e. The van der Waals surface area contributed by atoms with Crippen LogP contribution in [0, 0.1) is 0 Å². The van der Waals surface area contributed by atoms with Gasteiger partial charge in [0, 0.05) is 12.1 Å². The van der Waals surface area contributed by atoms with Crippen LogP contribution in [0.2, 0.25) is 0 Å². The lowest BCUT2D eigenvalue weighted by molar-refractivity contribution is -0.147. The predicted molar refractivity (Wildman–Crippen MR) is 77.7 cm³/mol. The summed E-state index contributed by atoms with van der Waals surface area (Å²) in [5.74, 6) is -1.35. The number of hydrogen-bond donors (Lipinski definition) is 2. The minimum atomic E-state index is -0.648. The predicted octanol–water partition coefficient (Wildman–Crippen LogP) is 0.876. The van der Waals surface area contributed by atoms with Gasteiger partial charge in [-0.15, -0.1) is 0 Å². The minimum Gasteiger partial charge on any atom is -0.454 e. The summed E-state index contributed by atoms with van der Waals surface area (Å²) in [6, 6.07) is 8.54. The number of esters is 1. The summed E-state index contributed by atoms with van der Waals surface area (Å²) in [6.45, 7) is 1.99. The summed E-state index contributed by atoms with van der Waals surface area (Å²) >= 11 is 0. The lowest BCUT2D eigenvalue weighted by Crippen LogP contribution is -2.34. The molecule has 0 aliphatic heterocycles. The number of nitrogens with one attached hydrogen (secondary N) is 2. The Bertz CT molecular complexity index is 474. The van der Waals surface area contributed by atoms with Gasteiger partial charge in [-0.05, 0) is 18.6 Å². The fourth-order valence-electron chi connectivity index (χ4n) is 1.50. The fraction of sp³-hybridized carbons (Fsp3) is 0.400. The van der Waals surface area contributed by atoms with Crippen molar-refractivity contribution in [1.82, 2.24) is 10.6 Å². The van der Waals surface area contributed by atoms with Crippen molar-refractivity contribution in [2.75, 3.05) is 19.7 Å². The maximum Gasteiger partial charge on any atom is 0.325 e. The number of benzene rings is 1. The van der Waals surface area contributed by atoms with Gasteiger partial charge in [-0.25, -0.2) is 0 Å². The lowest BCUT2D eigenvalue weighted by Gasteiger charge is -2.07. The SMILES string of the molecule is CCCCNC(=O)COC(=O)CNC(=O)c1ccccc1. The van der Waals surface area contributed by atoms with Gasteiger partial charge in [0.1, 0.15) is 6.54 Å². The van der Waals surface area contributed by atoms with Crippen molar-refractivity contribution in [3.05, 3.63) is 35.9 Å². The van der Waals surface area contributed by atoms with Crippen molar-refractivity contribution in [1.29, 1.82) is 0 Å². The molecule has 0 aromatic heterocycles. The van der Waals surface area contributed by atoms with Crippen LogP contribution in [0.5, 0.6) is 0 Å². The first kappa shape index (κ1) is 16.7. The van der Waals surface area contributed by atoms with Crippen LogP contribution in [-0.2, 0) is 14.3 Å². The third-order valence-electron chi connectivity index (χ3n) is 2.65. The monoisotopic (exact) mass is 292 g/mol. The smallest absolute Gasteiger partial charge is 0.325 e. The average Bonchev–Trinajstić information content (AvgIpc) is 2.51. The van der Waals surface area contributed by atoms with Gasteiger partial charge in [-0.2, -0.15) is 0 Å². The van der Waals surface area contributed by atoms with E-state index in [-0.39, 0.29) is 25.0 Å². The van der Waals surface area contributed by atoms with Crippen molar-refractivity contribution in [3.63, 3.8) is 0 Å². The molecule has 0 bridgehead atoms. The van der Waals surface area contributed by atoms with Gasteiger partial charge >= 0.3 is 5.97 Å². The minimum absolute atomic E-state index is 0.268. The molecule has 0 fully saturated rings. The Hall–Kier alpha value is -2.37. The van der Waals surface area contributed by atoms with E-state index in [9.17, 15) is 14.4 Å². The normalized spacial score (nSPS) is 9.76. The first-order valence-electron chi connectivity index (χ1n) is 6.89. The molecule has 0 aliphatic carbocycles. The van der Waals surface area contributed by atoms with Crippen molar-refractivity contribution >= 4 is 17.8 Å². The highest BCUT2D eigenvalue weighted by Crippen LogP contribution is 1.97. The number of ether oxygens (including phenoxy) is 1. The van der Waals surface area contributed by atoms with Crippen LogP contribution in [0.1, 0.15) is 30.1 Å². The van der Waals surface area contributed by atoms with Gasteiger partial charge in [0.25, 0.3) is 11.8 Å². The van der Waals surface area contributed by atoms with E-state index in [1.54, 1.807) is 30.3 Å². The van der Waals surface area contributed by atoms with Gasteiger partial charge in [-0.1, -0.05) is 31.5 Å². The first-order chi connectivity index (χ1) is 10.1. The van der Waals surface area contributed by atoms with Gasteiger partial charge in [0.2, 0.25) is 0 Å². The van der Waals surface area contributed by atoms with E-state index in [0.29, 0.717) is 12.1 Å². The van der Waals surface area contributed by atoms with Crippen molar-refractivity contribution in [2.24, 2.45) is 0 Å². The van der Waals surface area contributed by atoms with E-state index in [0.717, 1.165) is 12.8 Å². The third-order valence-corrected chi connectivity index (χ3v) is 2.65. The van der Waals surface area contributed by atoms with Crippen molar-refractivity contribution < 1.29 is 19.1 Å². The number of amides is 2. The van der Waals surface area contributed by atoms with E-state index in [2.05, 4.69) is 10.6 Å². The van der Waals surface area contributed by atoms with Crippen LogP contribution < -0.4 is 10.6 Å². The molecule has 0 heterocycles. The highest BCUT2D eigenvalue weighted by molar-refractivity contribution is 5.96. The van der Waals surface area contributed by atoms with Gasteiger partial charge in [0.05, 0.1) is 0 Å². The van der Waals surface area contributed by atoms with Gasteiger partial charge < -0.3 is 15.4 Å². The van der Waals surface area contributed by atoms with E-state index in [1.165, 1.54) is 0 Å². The molecule has 0 saturated carbocycles. The van der Waals surface area contributed by atoms with E-state index in [4.69, 9.17) is 4.74 Å².